The molecule has 2 aromatic rings. The number of nitrogens with zero attached hydrogens (tertiary/aromatic N) is 2. The summed E-state index contributed by atoms with van der Waals surface area (Å²) in [4.78, 5) is 8.85. The molecule has 0 bridgehead atoms. The van der Waals surface area contributed by atoms with Crippen LogP contribution in [0.3, 0.4) is 0 Å². The van der Waals surface area contributed by atoms with E-state index < -0.39 is 0 Å². The molecule has 2 N–H and O–H groups in total. The molecule has 82 valence electrons. The van der Waals surface area contributed by atoms with Gasteiger partial charge in [0.15, 0.2) is 5.82 Å². The first-order chi connectivity index (χ1) is 7.56. The van der Waals surface area contributed by atoms with Crippen molar-refractivity contribution in [2.45, 2.75) is 20.8 Å². The van der Waals surface area contributed by atoms with E-state index in [-0.39, 0.29) is 0 Å². The van der Waals surface area contributed by atoms with E-state index in [4.69, 9.17) is 5.73 Å². The number of aryl methyl sites for hydroxylation is 3. The summed E-state index contributed by atoms with van der Waals surface area (Å²) in [5.41, 5.74) is 10.6. The van der Waals surface area contributed by atoms with Gasteiger partial charge in [0.25, 0.3) is 0 Å². The highest BCUT2D eigenvalue weighted by Gasteiger charge is 2.04. The smallest absolute Gasteiger partial charge is 0.159 e. The first kappa shape index (κ1) is 10.6. The van der Waals surface area contributed by atoms with Crippen LogP contribution >= 0.6 is 0 Å². The van der Waals surface area contributed by atoms with Gasteiger partial charge in [-0.2, -0.15) is 0 Å². The van der Waals surface area contributed by atoms with Crippen LogP contribution in [0.15, 0.2) is 24.3 Å². The molecule has 1 heterocycles. The van der Waals surface area contributed by atoms with Crippen LogP contribution in [0, 0.1) is 20.8 Å². The predicted octanol–water partition coefficient (Wildman–Crippen LogP) is 2.65. The van der Waals surface area contributed by atoms with E-state index in [0.29, 0.717) is 0 Å². The average molecular weight is 213 g/mol. The van der Waals surface area contributed by atoms with Crippen LogP contribution in [0.4, 0.5) is 5.69 Å². The standard InChI is InChI=1S/C13H15N3/c1-8-6-11(4-5-12(8)14)13-15-9(2)7-10(3)16-13/h4-7H,14H2,1-3H3. The van der Waals surface area contributed by atoms with Crippen molar-refractivity contribution in [3.8, 4) is 11.4 Å². The molecular weight excluding hydrogens is 198 g/mol. The number of anilines is 1. The topological polar surface area (TPSA) is 51.8 Å². The molecule has 0 atom stereocenters. The third-order valence-corrected chi connectivity index (χ3v) is 2.51. The maximum absolute atomic E-state index is 5.79. The molecule has 0 spiro atoms. The van der Waals surface area contributed by atoms with Gasteiger partial charge < -0.3 is 5.73 Å². The van der Waals surface area contributed by atoms with Crippen LogP contribution < -0.4 is 5.73 Å². The fourth-order valence-corrected chi connectivity index (χ4v) is 1.67. The highest BCUT2D eigenvalue weighted by Crippen LogP contribution is 2.20. The van der Waals surface area contributed by atoms with Crippen LogP contribution in [-0.4, -0.2) is 9.97 Å². The summed E-state index contributed by atoms with van der Waals surface area (Å²) in [7, 11) is 0. The molecule has 1 aromatic heterocycles. The summed E-state index contributed by atoms with van der Waals surface area (Å²) < 4.78 is 0. The second kappa shape index (κ2) is 3.93. The van der Waals surface area contributed by atoms with Gasteiger partial charge in [0, 0.05) is 22.6 Å². The van der Waals surface area contributed by atoms with Crippen molar-refractivity contribution in [1.82, 2.24) is 9.97 Å². The number of aromatic nitrogens is 2. The first-order valence-electron chi connectivity index (χ1n) is 5.25. The Kier molecular flexibility index (Phi) is 2.60. The van der Waals surface area contributed by atoms with E-state index in [1.54, 1.807) is 0 Å². The molecule has 0 aliphatic heterocycles. The van der Waals surface area contributed by atoms with Crippen molar-refractivity contribution < 1.29 is 0 Å². The van der Waals surface area contributed by atoms with E-state index in [1.807, 2.05) is 45.0 Å². The van der Waals surface area contributed by atoms with Gasteiger partial charge in [-0.3, -0.25) is 0 Å². The summed E-state index contributed by atoms with van der Waals surface area (Å²) in [6.45, 7) is 5.94. The lowest BCUT2D eigenvalue weighted by Crippen LogP contribution is -1.96. The summed E-state index contributed by atoms with van der Waals surface area (Å²) in [6, 6.07) is 7.83. The summed E-state index contributed by atoms with van der Waals surface area (Å²) in [6.07, 6.45) is 0. The van der Waals surface area contributed by atoms with E-state index in [0.717, 1.165) is 34.0 Å². The second-order valence-electron chi connectivity index (χ2n) is 4.05. The van der Waals surface area contributed by atoms with Gasteiger partial charge in [-0.1, -0.05) is 0 Å². The number of nitrogen functional groups attached to an aromatic ring is 1. The third kappa shape index (κ3) is 2.03. The van der Waals surface area contributed by atoms with Crippen molar-refractivity contribution in [2.24, 2.45) is 0 Å². The van der Waals surface area contributed by atoms with Crippen molar-refractivity contribution in [1.29, 1.82) is 0 Å². The quantitative estimate of drug-likeness (QED) is 0.741. The highest BCUT2D eigenvalue weighted by molar-refractivity contribution is 5.62. The minimum absolute atomic E-state index is 0.764. The van der Waals surface area contributed by atoms with Gasteiger partial charge in [-0.15, -0.1) is 0 Å². The Labute approximate surface area is 95.4 Å². The second-order valence-corrected chi connectivity index (χ2v) is 4.05. The Morgan fingerprint density at radius 2 is 1.56 bits per heavy atom. The Bertz CT molecular complexity index is 512. The SMILES string of the molecule is Cc1cc(C)nc(-c2ccc(N)c(C)c2)n1. The van der Waals surface area contributed by atoms with Crippen molar-refractivity contribution in [2.75, 3.05) is 5.73 Å². The molecule has 0 aliphatic carbocycles. The molecule has 1 aromatic carbocycles. The fraction of sp³-hybridized carbons (Fsp3) is 0.231. The van der Waals surface area contributed by atoms with Gasteiger partial charge >= 0.3 is 0 Å². The van der Waals surface area contributed by atoms with Gasteiger partial charge in [0.1, 0.15) is 0 Å². The molecule has 0 saturated carbocycles. The molecule has 0 unspecified atom stereocenters. The maximum Gasteiger partial charge on any atom is 0.159 e. The summed E-state index contributed by atoms with van der Waals surface area (Å²) >= 11 is 0. The van der Waals surface area contributed by atoms with Crippen LogP contribution in [-0.2, 0) is 0 Å². The zero-order valence-corrected chi connectivity index (χ0v) is 9.78. The Balaban J connectivity index is 2.54. The lowest BCUT2D eigenvalue weighted by molar-refractivity contribution is 1.06. The minimum Gasteiger partial charge on any atom is -0.399 e. The molecule has 16 heavy (non-hydrogen) atoms. The lowest BCUT2D eigenvalue weighted by atomic mass is 10.1. The molecule has 3 heteroatoms. The first-order valence-corrected chi connectivity index (χ1v) is 5.25. The van der Waals surface area contributed by atoms with E-state index in [9.17, 15) is 0 Å². The fourth-order valence-electron chi connectivity index (χ4n) is 1.67. The van der Waals surface area contributed by atoms with Gasteiger partial charge in [0.2, 0.25) is 0 Å². The Morgan fingerprint density at radius 1 is 0.938 bits per heavy atom. The van der Waals surface area contributed by atoms with Crippen molar-refractivity contribution in [3.05, 3.63) is 41.2 Å². The number of hydrogen-bond acceptors (Lipinski definition) is 3. The number of benzene rings is 1. The molecule has 0 radical (unpaired) electrons. The van der Waals surface area contributed by atoms with Crippen molar-refractivity contribution in [3.63, 3.8) is 0 Å². The molecule has 0 fully saturated rings. The van der Waals surface area contributed by atoms with Crippen LogP contribution in [0.5, 0.6) is 0 Å². The van der Waals surface area contributed by atoms with E-state index >= 15 is 0 Å². The zero-order chi connectivity index (χ0) is 11.7. The average Bonchev–Trinajstić information content (AvgIpc) is 2.20. The monoisotopic (exact) mass is 213 g/mol. The molecule has 0 aliphatic rings. The molecule has 0 amide bonds. The van der Waals surface area contributed by atoms with Crippen LogP contribution in [0.1, 0.15) is 17.0 Å². The number of nitrogens with two attached hydrogens (primary N) is 1. The predicted molar refractivity (Wildman–Crippen MR) is 66.1 cm³/mol. The van der Waals surface area contributed by atoms with Gasteiger partial charge in [0.05, 0.1) is 0 Å². The Morgan fingerprint density at radius 3 is 2.12 bits per heavy atom. The zero-order valence-electron chi connectivity index (χ0n) is 9.78. The minimum atomic E-state index is 0.764. The highest BCUT2D eigenvalue weighted by atomic mass is 14.9. The summed E-state index contributed by atoms with van der Waals surface area (Å²) in [5.74, 6) is 0.764. The molecule has 3 nitrogen and oxygen atoms in total. The molecule has 2 rings (SSSR count). The lowest BCUT2D eigenvalue weighted by Gasteiger charge is -2.05. The van der Waals surface area contributed by atoms with E-state index in [2.05, 4.69) is 9.97 Å². The molecule has 0 saturated heterocycles. The normalized spacial score (nSPS) is 10.4. The van der Waals surface area contributed by atoms with Crippen molar-refractivity contribution >= 4 is 5.69 Å². The maximum atomic E-state index is 5.79. The summed E-state index contributed by atoms with van der Waals surface area (Å²) in [5, 5.41) is 0. The third-order valence-electron chi connectivity index (χ3n) is 2.51. The van der Waals surface area contributed by atoms with Crippen LogP contribution in [0.25, 0.3) is 11.4 Å². The number of hydrogen-bond donors (Lipinski definition) is 1. The van der Waals surface area contributed by atoms with Gasteiger partial charge in [-0.05, 0) is 50.6 Å². The number of rotatable bonds is 1. The largest absolute Gasteiger partial charge is 0.399 e. The van der Waals surface area contributed by atoms with Crippen LogP contribution in [0.2, 0.25) is 0 Å². The Hall–Kier alpha value is -1.90. The van der Waals surface area contributed by atoms with E-state index in [1.165, 1.54) is 0 Å². The molecular formula is C13H15N3. The van der Waals surface area contributed by atoms with Gasteiger partial charge in [-0.25, -0.2) is 9.97 Å².